The zero-order chi connectivity index (χ0) is 24.9. The molecular formula is C28H30N2O5. The van der Waals surface area contributed by atoms with Gasteiger partial charge in [-0.15, -0.1) is 0 Å². The van der Waals surface area contributed by atoms with Gasteiger partial charge < -0.3 is 24.0 Å². The van der Waals surface area contributed by atoms with Crippen LogP contribution in [-0.2, 0) is 17.9 Å². The van der Waals surface area contributed by atoms with E-state index in [4.69, 9.17) is 14.2 Å². The van der Waals surface area contributed by atoms with Crippen LogP contribution in [0.1, 0.15) is 39.5 Å². The summed E-state index contributed by atoms with van der Waals surface area (Å²) in [6.07, 6.45) is 0.113. The van der Waals surface area contributed by atoms with Gasteiger partial charge in [0.15, 0.2) is 11.5 Å². The summed E-state index contributed by atoms with van der Waals surface area (Å²) in [6.45, 7) is 0.905. The van der Waals surface area contributed by atoms with Crippen LogP contribution in [0.4, 0.5) is 0 Å². The molecule has 2 amide bonds. The van der Waals surface area contributed by atoms with Crippen LogP contribution in [0.25, 0.3) is 0 Å². The summed E-state index contributed by atoms with van der Waals surface area (Å²) < 4.78 is 16.6. The zero-order valence-electron chi connectivity index (χ0n) is 20.5. The Morgan fingerprint density at radius 3 is 2.17 bits per heavy atom. The predicted octanol–water partition coefficient (Wildman–Crippen LogP) is 4.46. The van der Waals surface area contributed by atoms with Crippen molar-refractivity contribution in [3.8, 4) is 17.2 Å². The minimum Gasteiger partial charge on any atom is -0.493 e. The minimum absolute atomic E-state index is 0.0728. The Hall–Kier alpha value is -4.00. The van der Waals surface area contributed by atoms with Gasteiger partial charge in [0.1, 0.15) is 0 Å². The summed E-state index contributed by atoms with van der Waals surface area (Å²) in [5.74, 6) is 1.23. The van der Waals surface area contributed by atoms with E-state index in [-0.39, 0.29) is 18.2 Å². The molecular weight excluding hydrogens is 444 g/mol. The highest BCUT2D eigenvalue weighted by atomic mass is 16.5. The van der Waals surface area contributed by atoms with Crippen LogP contribution < -0.4 is 14.2 Å². The maximum atomic E-state index is 13.4. The Bertz CT molecular complexity index is 1190. The molecule has 1 aliphatic heterocycles. The first-order chi connectivity index (χ1) is 17.0. The van der Waals surface area contributed by atoms with Gasteiger partial charge in [-0.2, -0.15) is 0 Å². The molecule has 35 heavy (non-hydrogen) atoms. The Morgan fingerprint density at radius 2 is 1.57 bits per heavy atom. The molecule has 0 aliphatic carbocycles. The van der Waals surface area contributed by atoms with Crippen molar-refractivity contribution in [2.45, 2.75) is 25.6 Å². The average molecular weight is 475 g/mol. The molecule has 0 bridgehead atoms. The lowest BCUT2D eigenvalue weighted by Crippen LogP contribution is -2.35. The quantitative estimate of drug-likeness (QED) is 0.458. The Labute approximate surface area is 205 Å². The van der Waals surface area contributed by atoms with E-state index >= 15 is 0 Å². The monoisotopic (exact) mass is 474 g/mol. The number of rotatable bonds is 9. The third-order valence-electron chi connectivity index (χ3n) is 6.35. The van der Waals surface area contributed by atoms with Gasteiger partial charge in [0, 0.05) is 25.7 Å². The predicted molar refractivity (Wildman–Crippen MR) is 133 cm³/mol. The molecule has 0 radical (unpaired) electrons. The van der Waals surface area contributed by atoms with Crippen LogP contribution in [0, 0.1) is 0 Å². The van der Waals surface area contributed by atoms with Crippen molar-refractivity contribution in [1.82, 2.24) is 9.80 Å². The topological polar surface area (TPSA) is 68.3 Å². The van der Waals surface area contributed by atoms with Crippen molar-refractivity contribution in [3.05, 3.63) is 89.0 Å². The molecule has 0 saturated carbocycles. The molecule has 0 N–H and O–H groups in total. The lowest BCUT2D eigenvalue weighted by Gasteiger charge is -2.30. The van der Waals surface area contributed by atoms with Gasteiger partial charge in [-0.05, 0) is 34.9 Å². The van der Waals surface area contributed by atoms with Crippen LogP contribution >= 0.6 is 0 Å². The fraction of sp³-hybridized carbons (Fsp3) is 0.286. The zero-order valence-corrected chi connectivity index (χ0v) is 20.5. The van der Waals surface area contributed by atoms with E-state index in [1.807, 2.05) is 66.7 Å². The molecule has 1 heterocycles. The summed E-state index contributed by atoms with van der Waals surface area (Å²) >= 11 is 0. The van der Waals surface area contributed by atoms with Crippen molar-refractivity contribution < 1.29 is 23.8 Å². The van der Waals surface area contributed by atoms with E-state index in [1.165, 1.54) is 0 Å². The third kappa shape index (κ3) is 4.94. The Morgan fingerprint density at radius 1 is 0.943 bits per heavy atom. The van der Waals surface area contributed by atoms with Crippen molar-refractivity contribution >= 4 is 11.8 Å². The summed E-state index contributed by atoms with van der Waals surface area (Å²) in [5, 5.41) is 0. The van der Waals surface area contributed by atoms with Gasteiger partial charge in [-0.1, -0.05) is 48.5 Å². The number of benzene rings is 3. The lowest BCUT2D eigenvalue weighted by atomic mass is 9.99. The minimum atomic E-state index is -0.519. The van der Waals surface area contributed by atoms with Crippen LogP contribution in [0.2, 0.25) is 0 Å². The molecule has 4 rings (SSSR count). The SMILES string of the molecule is COc1cc(C(CC(=O)N(C)Cc2ccccc2)N2Cc3ccccc3C2=O)cc(OC)c1OC. The summed E-state index contributed by atoms with van der Waals surface area (Å²) in [5.41, 5.74) is 3.38. The number of carbonyl (C=O) groups excluding carboxylic acids is 2. The number of carbonyl (C=O) groups is 2. The number of amides is 2. The molecule has 1 aliphatic rings. The molecule has 3 aromatic rings. The Kier molecular flexibility index (Phi) is 7.25. The van der Waals surface area contributed by atoms with Crippen molar-refractivity contribution in [2.24, 2.45) is 0 Å². The fourth-order valence-electron chi connectivity index (χ4n) is 4.50. The highest BCUT2D eigenvalue weighted by Gasteiger charge is 2.36. The normalized spacial score (nSPS) is 13.3. The molecule has 0 fully saturated rings. The second-order valence-corrected chi connectivity index (χ2v) is 8.50. The maximum absolute atomic E-state index is 13.4. The number of ether oxygens (including phenoxy) is 3. The van der Waals surface area contributed by atoms with Gasteiger partial charge in [-0.25, -0.2) is 0 Å². The Balaban J connectivity index is 1.69. The molecule has 7 nitrogen and oxygen atoms in total. The highest BCUT2D eigenvalue weighted by Crippen LogP contribution is 2.43. The average Bonchev–Trinajstić information content (AvgIpc) is 3.22. The first kappa shape index (κ1) is 24.1. The van der Waals surface area contributed by atoms with Crippen molar-refractivity contribution in [3.63, 3.8) is 0 Å². The summed E-state index contributed by atoms with van der Waals surface area (Å²) in [4.78, 5) is 30.2. The van der Waals surface area contributed by atoms with E-state index in [0.717, 1.165) is 16.7 Å². The fourth-order valence-corrected chi connectivity index (χ4v) is 4.50. The third-order valence-corrected chi connectivity index (χ3v) is 6.35. The second kappa shape index (κ2) is 10.5. The largest absolute Gasteiger partial charge is 0.493 e. The van der Waals surface area contributed by atoms with E-state index in [9.17, 15) is 9.59 Å². The second-order valence-electron chi connectivity index (χ2n) is 8.50. The molecule has 182 valence electrons. The van der Waals surface area contributed by atoms with Crippen LogP contribution in [-0.4, -0.2) is 50.0 Å². The van der Waals surface area contributed by atoms with Crippen LogP contribution in [0.3, 0.4) is 0 Å². The number of methoxy groups -OCH3 is 3. The molecule has 3 aromatic carbocycles. The molecule has 0 aromatic heterocycles. The van der Waals surface area contributed by atoms with Gasteiger partial charge >= 0.3 is 0 Å². The van der Waals surface area contributed by atoms with E-state index in [0.29, 0.717) is 35.9 Å². The summed E-state index contributed by atoms with van der Waals surface area (Å²) in [6, 6.07) is 20.5. The standard InChI is InChI=1S/C28H30N2O5/c1-29(17-19-10-6-5-7-11-19)26(31)16-23(30-18-20-12-8-9-13-22(20)28(30)32)21-14-24(33-2)27(35-4)25(15-21)34-3/h5-15,23H,16-18H2,1-4H3. The lowest BCUT2D eigenvalue weighted by molar-refractivity contribution is -0.131. The van der Waals surface area contributed by atoms with E-state index in [1.54, 1.807) is 38.2 Å². The van der Waals surface area contributed by atoms with Gasteiger partial charge in [0.2, 0.25) is 11.7 Å². The van der Waals surface area contributed by atoms with Crippen molar-refractivity contribution in [2.75, 3.05) is 28.4 Å². The van der Waals surface area contributed by atoms with Gasteiger partial charge in [0.05, 0.1) is 33.8 Å². The van der Waals surface area contributed by atoms with E-state index in [2.05, 4.69) is 0 Å². The van der Waals surface area contributed by atoms with Crippen molar-refractivity contribution in [1.29, 1.82) is 0 Å². The highest BCUT2D eigenvalue weighted by molar-refractivity contribution is 5.99. The number of hydrogen-bond donors (Lipinski definition) is 0. The molecule has 0 spiro atoms. The molecule has 1 atom stereocenters. The van der Waals surface area contributed by atoms with Crippen LogP contribution in [0.5, 0.6) is 17.2 Å². The maximum Gasteiger partial charge on any atom is 0.255 e. The first-order valence-electron chi connectivity index (χ1n) is 11.4. The number of nitrogens with zero attached hydrogens (tertiary/aromatic N) is 2. The number of hydrogen-bond acceptors (Lipinski definition) is 5. The smallest absolute Gasteiger partial charge is 0.255 e. The number of fused-ring (bicyclic) bond motifs is 1. The van der Waals surface area contributed by atoms with E-state index < -0.39 is 6.04 Å². The first-order valence-corrected chi connectivity index (χ1v) is 11.4. The molecule has 1 unspecified atom stereocenters. The molecule has 0 saturated heterocycles. The van der Waals surface area contributed by atoms with Gasteiger partial charge in [-0.3, -0.25) is 9.59 Å². The van der Waals surface area contributed by atoms with Crippen LogP contribution in [0.15, 0.2) is 66.7 Å². The molecule has 7 heteroatoms. The summed E-state index contributed by atoms with van der Waals surface area (Å²) in [7, 11) is 6.42. The van der Waals surface area contributed by atoms with Gasteiger partial charge in [0.25, 0.3) is 5.91 Å².